The molecule has 0 atom stereocenters. The molecule has 3 aromatic heterocycles. The molecular weight excluding hydrogens is 346 g/mol. The molecular formula is C18H21N7O2. The van der Waals surface area contributed by atoms with Gasteiger partial charge in [0.2, 0.25) is 11.7 Å². The first-order chi connectivity index (χ1) is 13.1. The van der Waals surface area contributed by atoms with E-state index in [2.05, 4.69) is 30.4 Å². The standard InChI is InChI=1S/C18H21N7O2/c1-11-9-12(2)25-18(21-11)23-16(24-25)17(26)22-13-3-5-14(6-4-13)27-15-10-19-7-8-20-15/h7-10,13-14H,3-6H2,1-2H3,(H,22,26). The molecule has 0 saturated heterocycles. The number of nitrogens with one attached hydrogen (secondary N) is 1. The van der Waals surface area contributed by atoms with Crippen LogP contribution < -0.4 is 10.1 Å². The fraction of sp³-hybridized carbons (Fsp3) is 0.444. The smallest absolute Gasteiger partial charge is 0.291 e. The molecule has 1 fully saturated rings. The molecule has 27 heavy (non-hydrogen) atoms. The summed E-state index contributed by atoms with van der Waals surface area (Å²) in [5, 5.41) is 7.31. The van der Waals surface area contributed by atoms with E-state index < -0.39 is 0 Å². The molecule has 0 unspecified atom stereocenters. The third-order valence-corrected chi connectivity index (χ3v) is 4.66. The van der Waals surface area contributed by atoms with Gasteiger partial charge in [0, 0.05) is 29.8 Å². The Labute approximate surface area is 156 Å². The summed E-state index contributed by atoms with van der Waals surface area (Å²) in [4.78, 5) is 29.2. The number of carbonyl (C=O) groups excluding carboxylic acids is 1. The van der Waals surface area contributed by atoms with Gasteiger partial charge >= 0.3 is 0 Å². The average molecular weight is 367 g/mol. The van der Waals surface area contributed by atoms with E-state index >= 15 is 0 Å². The van der Waals surface area contributed by atoms with Gasteiger partial charge in [-0.15, -0.1) is 5.10 Å². The lowest BCUT2D eigenvalue weighted by atomic mass is 9.93. The van der Waals surface area contributed by atoms with Gasteiger partial charge in [-0.2, -0.15) is 4.98 Å². The zero-order chi connectivity index (χ0) is 18.8. The molecule has 9 heteroatoms. The number of ether oxygens (including phenoxy) is 1. The van der Waals surface area contributed by atoms with E-state index in [1.165, 1.54) is 0 Å². The van der Waals surface area contributed by atoms with Crippen LogP contribution in [-0.4, -0.2) is 47.6 Å². The minimum atomic E-state index is -0.268. The van der Waals surface area contributed by atoms with Crippen molar-refractivity contribution in [2.24, 2.45) is 0 Å². The molecule has 3 aromatic rings. The van der Waals surface area contributed by atoms with Crippen molar-refractivity contribution in [3.05, 3.63) is 41.9 Å². The maximum absolute atomic E-state index is 12.5. The quantitative estimate of drug-likeness (QED) is 0.747. The Balaban J connectivity index is 1.35. The molecule has 0 aromatic carbocycles. The molecule has 1 N–H and O–H groups in total. The van der Waals surface area contributed by atoms with E-state index in [1.54, 1.807) is 23.1 Å². The van der Waals surface area contributed by atoms with Crippen molar-refractivity contribution in [2.75, 3.05) is 0 Å². The number of hydrogen-bond acceptors (Lipinski definition) is 7. The molecule has 4 rings (SSSR count). The lowest BCUT2D eigenvalue weighted by Gasteiger charge is -2.28. The third-order valence-electron chi connectivity index (χ3n) is 4.66. The van der Waals surface area contributed by atoms with Crippen molar-refractivity contribution in [2.45, 2.75) is 51.7 Å². The van der Waals surface area contributed by atoms with Gasteiger partial charge in [0.25, 0.3) is 11.7 Å². The van der Waals surface area contributed by atoms with Gasteiger partial charge in [-0.1, -0.05) is 0 Å². The van der Waals surface area contributed by atoms with Crippen LogP contribution in [0.15, 0.2) is 24.7 Å². The van der Waals surface area contributed by atoms with Crippen LogP contribution in [0.5, 0.6) is 5.88 Å². The third kappa shape index (κ3) is 3.86. The lowest BCUT2D eigenvalue weighted by molar-refractivity contribution is 0.0880. The topological polar surface area (TPSA) is 107 Å². The van der Waals surface area contributed by atoms with Crippen molar-refractivity contribution >= 4 is 11.7 Å². The predicted octanol–water partition coefficient (Wildman–Crippen LogP) is 1.65. The maximum Gasteiger partial charge on any atom is 0.291 e. The van der Waals surface area contributed by atoms with E-state index in [9.17, 15) is 4.79 Å². The van der Waals surface area contributed by atoms with Crippen molar-refractivity contribution in [3.8, 4) is 5.88 Å². The zero-order valence-corrected chi connectivity index (χ0v) is 15.3. The van der Waals surface area contributed by atoms with Gasteiger partial charge < -0.3 is 10.1 Å². The van der Waals surface area contributed by atoms with E-state index in [0.717, 1.165) is 37.1 Å². The van der Waals surface area contributed by atoms with Crippen molar-refractivity contribution < 1.29 is 9.53 Å². The molecule has 0 aliphatic heterocycles. The molecule has 140 valence electrons. The summed E-state index contributed by atoms with van der Waals surface area (Å²) in [6, 6.07) is 1.99. The van der Waals surface area contributed by atoms with Crippen LogP contribution in [0.4, 0.5) is 0 Å². The summed E-state index contributed by atoms with van der Waals surface area (Å²) in [6.07, 6.45) is 8.30. The van der Waals surface area contributed by atoms with E-state index in [4.69, 9.17) is 4.74 Å². The van der Waals surface area contributed by atoms with Crippen LogP contribution >= 0.6 is 0 Å². The number of carbonyl (C=O) groups is 1. The van der Waals surface area contributed by atoms with Crippen LogP contribution in [-0.2, 0) is 0 Å². The summed E-state index contributed by atoms with van der Waals surface area (Å²) in [5.41, 5.74) is 1.74. The second kappa shape index (κ2) is 7.26. The summed E-state index contributed by atoms with van der Waals surface area (Å²) in [6.45, 7) is 3.80. The van der Waals surface area contributed by atoms with Crippen LogP contribution in [0.3, 0.4) is 0 Å². The lowest BCUT2D eigenvalue weighted by Crippen LogP contribution is -2.40. The highest BCUT2D eigenvalue weighted by molar-refractivity contribution is 5.91. The van der Waals surface area contributed by atoms with Crippen molar-refractivity contribution in [1.29, 1.82) is 0 Å². The van der Waals surface area contributed by atoms with E-state index in [0.29, 0.717) is 11.7 Å². The Kier molecular flexibility index (Phi) is 4.66. The Morgan fingerprint density at radius 2 is 2.00 bits per heavy atom. The number of amides is 1. The average Bonchev–Trinajstić information content (AvgIpc) is 3.09. The number of hydrogen-bond donors (Lipinski definition) is 1. The molecule has 1 saturated carbocycles. The van der Waals surface area contributed by atoms with Gasteiger partial charge in [-0.3, -0.25) is 9.78 Å². The fourth-order valence-electron chi connectivity index (χ4n) is 3.35. The van der Waals surface area contributed by atoms with Crippen LogP contribution in [0.25, 0.3) is 5.78 Å². The molecule has 1 amide bonds. The summed E-state index contributed by atoms with van der Waals surface area (Å²) < 4.78 is 7.43. The van der Waals surface area contributed by atoms with Crippen LogP contribution in [0, 0.1) is 13.8 Å². The molecule has 0 radical (unpaired) electrons. The first-order valence-electron chi connectivity index (χ1n) is 9.03. The molecule has 0 bridgehead atoms. The van der Waals surface area contributed by atoms with Gasteiger partial charge in [0.1, 0.15) is 6.10 Å². The largest absolute Gasteiger partial charge is 0.473 e. The van der Waals surface area contributed by atoms with Crippen molar-refractivity contribution in [1.82, 2.24) is 34.9 Å². The molecule has 9 nitrogen and oxygen atoms in total. The number of rotatable bonds is 4. The number of fused-ring (bicyclic) bond motifs is 1. The Morgan fingerprint density at radius 3 is 2.74 bits per heavy atom. The van der Waals surface area contributed by atoms with Crippen molar-refractivity contribution in [3.63, 3.8) is 0 Å². The van der Waals surface area contributed by atoms with E-state index in [1.807, 2.05) is 19.9 Å². The number of nitrogens with zero attached hydrogens (tertiary/aromatic N) is 6. The molecule has 3 heterocycles. The van der Waals surface area contributed by atoms with Gasteiger partial charge in [0.05, 0.1) is 6.20 Å². The zero-order valence-electron chi connectivity index (χ0n) is 15.3. The molecule has 1 aliphatic carbocycles. The predicted molar refractivity (Wildman–Crippen MR) is 96.4 cm³/mol. The Bertz CT molecular complexity index is 949. The monoisotopic (exact) mass is 367 g/mol. The Hall–Kier alpha value is -3.10. The highest BCUT2D eigenvalue weighted by atomic mass is 16.5. The normalized spacial score (nSPS) is 19.8. The molecule has 0 spiro atoms. The summed E-state index contributed by atoms with van der Waals surface area (Å²) >= 11 is 0. The second-order valence-electron chi connectivity index (χ2n) is 6.79. The first-order valence-corrected chi connectivity index (χ1v) is 9.03. The van der Waals surface area contributed by atoms with Gasteiger partial charge in [-0.25, -0.2) is 14.5 Å². The number of aromatic nitrogens is 6. The summed E-state index contributed by atoms with van der Waals surface area (Å²) in [5.74, 6) is 0.862. The van der Waals surface area contributed by atoms with Crippen LogP contribution in [0.1, 0.15) is 47.7 Å². The second-order valence-corrected chi connectivity index (χ2v) is 6.79. The van der Waals surface area contributed by atoms with Crippen LogP contribution in [0.2, 0.25) is 0 Å². The summed E-state index contributed by atoms with van der Waals surface area (Å²) in [7, 11) is 0. The fourth-order valence-corrected chi connectivity index (χ4v) is 3.35. The van der Waals surface area contributed by atoms with E-state index in [-0.39, 0.29) is 23.9 Å². The Morgan fingerprint density at radius 1 is 1.19 bits per heavy atom. The molecule has 1 aliphatic rings. The maximum atomic E-state index is 12.5. The highest BCUT2D eigenvalue weighted by Gasteiger charge is 2.25. The first kappa shape index (κ1) is 17.3. The van der Waals surface area contributed by atoms with Gasteiger partial charge in [0.15, 0.2) is 0 Å². The number of aryl methyl sites for hydroxylation is 2. The highest BCUT2D eigenvalue weighted by Crippen LogP contribution is 2.22. The minimum Gasteiger partial charge on any atom is -0.473 e. The minimum absolute atomic E-state index is 0.0848. The SMILES string of the molecule is Cc1cc(C)n2nc(C(=O)NC3CCC(Oc4cnccn4)CC3)nc2n1. The van der Waals surface area contributed by atoms with Gasteiger partial charge in [-0.05, 0) is 45.6 Å².